The Morgan fingerprint density at radius 1 is 1.30 bits per heavy atom. The van der Waals surface area contributed by atoms with Crippen LogP contribution in [0.4, 0.5) is 0 Å². The molecule has 0 amide bonds. The molecule has 0 radical (unpaired) electrons. The maximum Gasteiger partial charge on any atom is 0.253 e. The Bertz CT molecular complexity index is 587. The molecule has 1 aromatic carbocycles. The van der Waals surface area contributed by atoms with Crippen LogP contribution in [0.2, 0.25) is 10.0 Å². The zero-order valence-electron chi connectivity index (χ0n) is 11.2. The van der Waals surface area contributed by atoms with Crippen molar-refractivity contribution in [2.75, 3.05) is 6.54 Å². The normalized spacial score (nSPS) is 10.8. The predicted molar refractivity (Wildman–Crippen MR) is 77.2 cm³/mol. The van der Waals surface area contributed by atoms with Crippen LogP contribution in [0.3, 0.4) is 0 Å². The van der Waals surface area contributed by atoms with Crippen LogP contribution in [-0.2, 0) is 13.2 Å². The van der Waals surface area contributed by atoms with E-state index in [1.807, 2.05) is 13.0 Å². The van der Waals surface area contributed by atoms with E-state index in [2.05, 4.69) is 15.5 Å². The fourth-order valence-corrected chi connectivity index (χ4v) is 2.29. The van der Waals surface area contributed by atoms with Crippen LogP contribution in [-0.4, -0.2) is 16.7 Å². The molecule has 108 valence electrons. The maximum absolute atomic E-state index is 6.18. The average molecular weight is 316 g/mol. The van der Waals surface area contributed by atoms with Gasteiger partial charge >= 0.3 is 0 Å². The van der Waals surface area contributed by atoms with Gasteiger partial charge < -0.3 is 14.5 Å². The summed E-state index contributed by atoms with van der Waals surface area (Å²) in [6.45, 7) is 5.37. The molecular weight excluding hydrogens is 301 g/mol. The molecule has 0 spiro atoms. The number of hydrogen-bond acceptors (Lipinski definition) is 5. The Morgan fingerprint density at radius 3 is 2.75 bits per heavy atom. The van der Waals surface area contributed by atoms with Gasteiger partial charge in [-0.1, -0.05) is 30.1 Å². The van der Waals surface area contributed by atoms with E-state index in [4.69, 9.17) is 32.4 Å². The summed E-state index contributed by atoms with van der Waals surface area (Å²) in [5, 5.41) is 11.9. The summed E-state index contributed by atoms with van der Waals surface area (Å²) in [6, 6.07) is 3.47. The number of aryl methyl sites for hydroxylation is 1. The Hall–Kier alpha value is -1.30. The van der Waals surface area contributed by atoms with Crippen LogP contribution >= 0.6 is 23.2 Å². The molecule has 0 saturated heterocycles. The van der Waals surface area contributed by atoms with E-state index in [1.165, 1.54) is 0 Å². The minimum atomic E-state index is 0.168. The van der Waals surface area contributed by atoms with Crippen molar-refractivity contribution in [3.63, 3.8) is 0 Å². The lowest BCUT2D eigenvalue weighted by Gasteiger charge is -2.13. The highest BCUT2D eigenvalue weighted by Crippen LogP contribution is 2.33. The molecule has 0 aliphatic heterocycles. The second-order valence-corrected chi connectivity index (χ2v) is 5.00. The van der Waals surface area contributed by atoms with Crippen molar-refractivity contribution in [3.05, 3.63) is 39.5 Å². The van der Waals surface area contributed by atoms with Crippen molar-refractivity contribution in [1.29, 1.82) is 0 Å². The van der Waals surface area contributed by atoms with Gasteiger partial charge in [0.25, 0.3) is 5.89 Å². The van der Waals surface area contributed by atoms with E-state index in [-0.39, 0.29) is 6.61 Å². The summed E-state index contributed by atoms with van der Waals surface area (Å²) in [5.41, 5.74) is 0.889. The van der Waals surface area contributed by atoms with Crippen molar-refractivity contribution in [1.82, 2.24) is 15.5 Å². The Labute approximate surface area is 127 Å². The molecule has 0 bridgehead atoms. The lowest BCUT2D eigenvalue weighted by Crippen LogP contribution is -2.13. The van der Waals surface area contributed by atoms with Crippen molar-refractivity contribution in [2.24, 2.45) is 0 Å². The molecule has 5 nitrogen and oxygen atoms in total. The zero-order chi connectivity index (χ0) is 14.5. The number of nitrogens with one attached hydrogen (secondary N) is 1. The van der Waals surface area contributed by atoms with E-state index >= 15 is 0 Å². The van der Waals surface area contributed by atoms with Gasteiger partial charge in [-0.15, -0.1) is 10.2 Å². The largest absolute Gasteiger partial charge is 0.482 e. The average Bonchev–Trinajstić information content (AvgIpc) is 2.80. The van der Waals surface area contributed by atoms with Crippen molar-refractivity contribution >= 4 is 23.2 Å². The van der Waals surface area contributed by atoms with Gasteiger partial charge in [-0.25, -0.2) is 0 Å². The minimum absolute atomic E-state index is 0.168. The van der Waals surface area contributed by atoms with Crippen LogP contribution in [0.15, 0.2) is 16.5 Å². The number of nitrogens with zero attached hydrogens (tertiary/aromatic N) is 2. The predicted octanol–water partition coefficient (Wildman–Crippen LogP) is 3.37. The van der Waals surface area contributed by atoms with E-state index in [1.54, 1.807) is 13.0 Å². The topological polar surface area (TPSA) is 60.2 Å². The number of hydrogen-bond donors (Lipinski definition) is 1. The third-order valence-corrected chi connectivity index (χ3v) is 3.06. The van der Waals surface area contributed by atoms with Crippen LogP contribution in [0, 0.1) is 6.92 Å². The quantitative estimate of drug-likeness (QED) is 0.885. The Kier molecular flexibility index (Phi) is 5.23. The first-order valence-corrected chi connectivity index (χ1v) is 6.96. The van der Waals surface area contributed by atoms with Gasteiger partial charge in [-0.05, 0) is 18.7 Å². The fraction of sp³-hybridized carbons (Fsp3) is 0.385. The molecule has 1 N–H and O–H groups in total. The Balaban J connectivity index is 2.16. The van der Waals surface area contributed by atoms with Gasteiger partial charge in [-0.3, -0.25) is 0 Å². The second kappa shape index (κ2) is 6.92. The summed E-state index contributed by atoms with van der Waals surface area (Å²) in [5.74, 6) is 1.48. The van der Waals surface area contributed by atoms with Gasteiger partial charge in [0, 0.05) is 24.1 Å². The molecule has 2 rings (SSSR count). The van der Waals surface area contributed by atoms with Crippen LogP contribution in [0.25, 0.3) is 0 Å². The number of ether oxygens (including phenoxy) is 1. The first-order valence-electron chi connectivity index (χ1n) is 6.20. The fourth-order valence-electron chi connectivity index (χ4n) is 1.70. The highest BCUT2D eigenvalue weighted by Gasteiger charge is 2.12. The molecule has 0 fully saturated rings. The number of halogens is 2. The van der Waals surface area contributed by atoms with E-state index in [0.29, 0.717) is 34.1 Å². The molecule has 2 aromatic rings. The molecule has 1 heterocycles. The highest BCUT2D eigenvalue weighted by molar-refractivity contribution is 6.35. The second-order valence-electron chi connectivity index (χ2n) is 4.16. The molecule has 0 atom stereocenters. The number of rotatable bonds is 6. The molecule has 1 aromatic heterocycles. The minimum Gasteiger partial charge on any atom is -0.482 e. The molecular formula is C13H15Cl2N3O2. The van der Waals surface area contributed by atoms with Gasteiger partial charge in [0.1, 0.15) is 5.75 Å². The monoisotopic (exact) mass is 315 g/mol. The molecule has 0 aliphatic carbocycles. The summed E-state index contributed by atoms with van der Waals surface area (Å²) < 4.78 is 11.0. The van der Waals surface area contributed by atoms with E-state index in [9.17, 15) is 0 Å². The lowest BCUT2D eigenvalue weighted by atomic mass is 10.2. The Morgan fingerprint density at radius 2 is 2.10 bits per heavy atom. The SMILES string of the molecule is CCNCc1cc(Cl)cc(Cl)c1OCc1nnc(C)o1. The van der Waals surface area contributed by atoms with Crippen molar-refractivity contribution in [3.8, 4) is 5.75 Å². The van der Waals surface area contributed by atoms with Gasteiger partial charge in [0.2, 0.25) is 5.89 Å². The lowest BCUT2D eigenvalue weighted by molar-refractivity contribution is 0.258. The third-order valence-electron chi connectivity index (χ3n) is 2.56. The van der Waals surface area contributed by atoms with Gasteiger partial charge in [0.05, 0.1) is 5.02 Å². The molecule has 0 aliphatic rings. The summed E-state index contributed by atoms with van der Waals surface area (Å²) in [6.07, 6.45) is 0. The molecule has 0 unspecified atom stereocenters. The zero-order valence-corrected chi connectivity index (χ0v) is 12.8. The smallest absolute Gasteiger partial charge is 0.253 e. The molecule has 20 heavy (non-hydrogen) atoms. The third kappa shape index (κ3) is 3.85. The van der Waals surface area contributed by atoms with Gasteiger partial charge in [0.15, 0.2) is 6.61 Å². The first-order chi connectivity index (χ1) is 9.60. The van der Waals surface area contributed by atoms with Crippen LogP contribution in [0.5, 0.6) is 5.75 Å². The number of aromatic nitrogens is 2. The maximum atomic E-state index is 6.18. The van der Waals surface area contributed by atoms with Crippen molar-refractivity contribution < 1.29 is 9.15 Å². The van der Waals surface area contributed by atoms with Crippen LogP contribution in [0.1, 0.15) is 24.3 Å². The van der Waals surface area contributed by atoms with E-state index in [0.717, 1.165) is 12.1 Å². The number of benzene rings is 1. The van der Waals surface area contributed by atoms with E-state index < -0.39 is 0 Å². The molecule has 7 heteroatoms. The summed E-state index contributed by atoms with van der Waals surface area (Å²) >= 11 is 12.2. The standard InChI is InChI=1S/C13H15Cl2N3O2/c1-3-16-6-9-4-10(14)5-11(15)13(9)19-7-12-18-17-8(2)20-12/h4-5,16H,3,6-7H2,1-2H3. The summed E-state index contributed by atoms with van der Waals surface area (Å²) in [4.78, 5) is 0. The van der Waals surface area contributed by atoms with Gasteiger partial charge in [-0.2, -0.15) is 0 Å². The molecule has 0 saturated carbocycles. The van der Waals surface area contributed by atoms with Crippen molar-refractivity contribution in [2.45, 2.75) is 27.0 Å². The first kappa shape index (κ1) is 15.1. The van der Waals surface area contributed by atoms with Crippen LogP contribution < -0.4 is 10.1 Å². The highest BCUT2D eigenvalue weighted by atomic mass is 35.5. The summed E-state index contributed by atoms with van der Waals surface area (Å²) in [7, 11) is 0.